The molecule has 1 atom stereocenters. The summed E-state index contributed by atoms with van der Waals surface area (Å²) in [5.74, 6) is 0. The van der Waals surface area contributed by atoms with Gasteiger partial charge in [0, 0.05) is 17.8 Å². The lowest BCUT2D eigenvalue weighted by Gasteiger charge is -2.07. The number of hydrogen-bond acceptors (Lipinski definition) is 1. The molecule has 2 heteroatoms. The molecule has 13 heavy (non-hydrogen) atoms. The Morgan fingerprint density at radius 1 is 1.38 bits per heavy atom. The lowest BCUT2D eigenvalue weighted by atomic mass is 10.1. The number of rotatable bonds is 5. The normalized spacial score (nSPS) is 12.8. The van der Waals surface area contributed by atoms with E-state index in [-0.39, 0.29) is 5.38 Å². The zero-order valence-corrected chi connectivity index (χ0v) is 8.80. The van der Waals surface area contributed by atoms with Crippen LogP contribution in [-0.4, -0.2) is 10.4 Å². The number of hydrogen-bond donors (Lipinski definition) is 0. The third-order valence-corrected chi connectivity index (χ3v) is 2.45. The fourth-order valence-electron chi connectivity index (χ4n) is 1.30. The smallest absolute Gasteiger partial charge is 0.0376 e. The third kappa shape index (κ3) is 4.28. The lowest BCUT2D eigenvalue weighted by Crippen LogP contribution is -2.02. The van der Waals surface area contributed by atoms with E-state index in [4.69, 9.17) is 11.6 Å². The fraction of sp³-hybridized carbons (Fsp3) is 0.545. The average molecular weight is 198 g/mol. The zero-order chi connectivity index (χ0) is 9.52. The summed E-state index contributed by atoms with van der Waals surface area (Å²) in [4.78, 5) is 3.97. The molecule has 0 radical (unpaired) electrons. The largest absolute Gasteiger partial charge is 0.265 e. The summed E-state index contributed by atoms with van der Waals surface area (Å²) in [6.07, 6.45) is 8.15. The summed E-state index contributed by atoms with van der Waals surface area (Å²) < 4.78 is 0. The van der Waals surface area contributed by atoms with Gasteiger partial charge in [-0.25, -0.2) is 0 Å². The Morgan fingerprint density at radius 2 is 2.08 bits per heavy atom. The van der Waals surface area contributed by atoms with E-state index in [2.05, 4.69) is 11.9 Å². The molecule has 0 spiro atoms. The van der Waals surface area contributed by atoms with Crippen LogP contribution in [0, 0.1) is 0 Å². The summed E-state index contributed by atoms with van der Waals surface area (Å²) in [6.45, 7) is 2.19. The highest BCUT2D eigenvalue weighted by molar-refractivity contribution is 6.20. The van der Waals surface area contributed by atoms with E-state index in [1.807, 2.05) is 24.5 Å². The minimum Gasteiger partial charge on any atom is -0.265 e. The second-order valence-electron chi connectivity index (χ2n) is 3.30. The van der Waals surface area contributed by atoms with E-state index in [0.29, 0.717) is 0 Å². The van der Waals surface area contributed by atoms with E-state index >= 15 is 0 Å². The standard InChI is InChI=1S/C11H16ClN/c1-2-3-4-11(12)9-10-5-7-13-8-6-10/h5-8,11H,2-4,9H2,1H3. The Kier molecular flexibility index (Phi) is 4.84. The van der Waals surface area contributed by atoms with Gasteiger partial charge in [0.2, 0.25) is 0 Å². The number of unbranched alkanes of at least 4 members (excludes halogenated alkanes) is 1. The van der Waals surface area contributed by atoms with E-state index in [0.717, 1.165) is 12.8 Å². The summed E-state index contributed by atoms with van der Waals surface area (Å²) in [5.41, 5.74) is 1.28. The van der Waals surface area contributed by atoms with Crippen molar-refractivity contribution in [2.24, 2.45) is 0 Å². The molecule has 0 amide bonds. The van der Waals surface area contributed by atoms with Crippen molar-refractivity contribution >= 4 is 11.6 Å². The minimum absolute atomic E-state index is 0.280. The van der Waals surface area contributed by atoms with Crippen LogP contribution in [0.5, 0.6) is 0 Å². The first-order valence-electron chi connectivity index (χ1n) is 4.86. The predicted molar refractivity (Wildman–Crippen MR) is 57.1 cm³/mol. The Morgan fingerprint density at radius 3 is 2.69 bits per heavy atom. The van der Waals surface area contributed by atoms with Gasteiger partial charge in [0.25, 0.3) is 0 Å². The Labute approximate surface area is 85.1 Å². The molecule has 0 aliphatic rings. The van der Waals surface area contributed by atoms with Gasteiger partial charge in [-0.3, -0.25) is 4.98 Å². The van der Waals surface area contributed by atoms with Crippen LogP contribution in [0.15, 0.2) is 24.5 Å². The molecule has 1 nitrogen and oxygen atoms in total. The van der Waals surface area contributed by atoms with Crippen molar-refractivity contribution in [1.82, 2.24) is 4.98 Å². The molecular weight excluding hydrogens is 182 g/mol. The van der Waals surface area contributed by atoms with Gasteiger partial charge >= 0.3 is 0 Å². The molecule has 1 aromatic rings. The topological polar surface area (TPSA) is 12.9 Å². The van der Waals surface area contributed by atoms with E-state index in [1.165, 1.54) is 18.4 Å². The molecule has 0 bridgehead atoms. The molecule has 1 heterocycles. The van der Waals surface area contributed by atoms with Gasteiger partial charge in [0.05, 0.1) is 0 Å². The van der Waals surface area contributed by atoms with Crippen LogP contribution in [0.1, 0.15) is 31.7 Å². The van der Waals surface area contributed by atoms with Crippen LogP contribution in [0.3, 0.4) is 0 Å². The maximum Gasteiger partial charge on any atom is 0.0376 e. The summed E-state index contributed by atoms with van der Waals surface area (Å²) in [5, 5.41) is 0.280. The van der Waals surface area contributed by atoms with Crippen molar-refractivity contribution in [3.8, 4) is 0 Å². The summed E-state index contributed by atoms with van der Waals surface area (Å²) >= 11 is 6.17. The van der Waals surface area contributed by atoms with Crippen molar-refractivity contribution < 1.29 is 0 Å². The molecule has 0 saturated heterocycles. The van der Waals surface area contributed by atoms with Gasteiger partial charge < -0.3 is 0 Å². The monoisotopic (exact) mass is 197 g/mol. The van der Waals surface area contributed by atoms with Gasteiger partial charge in [-0.2, -0.15) is 0 Å². The molecule has 0 saturated carbocycles. The molecule has 1 unspecified atom stereocenters. The minimum atomic E-state index is 0.280. The van der Waals surface area contributed by atoms with Gasteiger partial charge in [0.1, 0.15) is 0 Å². The lowest BCUT2D eigenvalue weighted by molar-refractivity contribution is 0.674. The number of pyridine rings is 1. The van der Waals surface area contributed by atoms with Crippen LogP contribution < -0.4 is 0 Å². The number of alkyl halides is 1. The molecule has 0 aliphatic heterocycles. The van der Waals surface area contributed by atoms with Crippen LogP contribution in [0.2, 0.25) is 0 Å². The maximum absolute atomic E-state index is 6.17. The van der Waals surface area contributed by atoms with E-state index in [9.17, 15) is 0 Å². The Balaban J connectivity index is 2.32. The van der Waals surface area contributed by atoms with Gasteiger partial charge in [0.15, 0.2) is 0 Å². The highest BCUT2D eigenvalue weighted by atomic mass is 35.5. The average Bonchev–Trinajstić information content (AvgIpc) is 2.16. The number of halogens is 1. The Hall–Kier alpha value is -0.560. The molecule has 0 aromatic carbocycles. The fourth-order valence-corrected chi connectivity index (χ4v) is 1.63. The second kappa shape index (κ2) is 5.98. The van der Waals surface area contributed by atoms with Crippen LogP contribution in [-0.2, 0) is 6.42 Å². The first-order chi connectivity index (χ1) is 6.33. The SMILES string of the molecule is CCCCC(Cl)Cc1ccncc1. The van der Waals surface area contributed by atoms with Gasteiger partial charge in [-0.05, 0) is 30.5 Å². The van der Waals surface area contributed by atoms with E-state index in [1.54, 1.807) is 0 Å². The molecule has 0 aliphatic carbocycles. The third-order valence-electron chi connectivity index (χ3n) is 2.08. The van der Waals surface area contributed by atoms with Crippen molar-refractivity contribution in [2.75, 3.05) is 0 Å². The highest BCUT2D eigenvalue weighted by Gasteiger charge is 2.04. The molecule has 1 aromatic heterocycles. The summed E-state index contributed by atoms with van der Waals surface area (Å²) in [7, 11) is 0. The number of nitrogens with zero attached hydrogens (tertiary/aromatic N) is 1. The zero-order valence-electron chi connectivity index (χ0n) is 8.04. The molecule has 72 valence electrons. The first-order valence-corrected chi connectivity index (χ1v) is 5.29. The second-order valence-corrected chi connectivity index (χ2v) is 3.92. The highest BCUT2D eigenvalue weighted by Crippen LogP contribution is 2.13. The number of aromatic nitrogens is 1. The van der Waals surface area contributed by atoms with Crippen LogP contribution >= 0.6 is 11.6 Å². The molecule has 1 rings (SSSR count). The van der Waals surface area contributed by atoms with Crippen molar-refractivity contribution in [2.45, 2.75) is 38.0 Å². The van der Waals surface area contributed by atoms with Crippen LogP contribution in [0.25, 0.3) is 0 Å². The van der Waals surface area contributed by atoms with Crippen LogP contribution in [0.4, 0.5) is 0 Å². The van der Waals surface area contributed by atoms with Crippen molar-refractivity contribution in [1.29, 1.82) is 0 Å². The van der Waals surface area contributed by atoms with Gasteiger partial charge in [-0.15, -0.1) is 11.6 Å². The predicted octanol–water partition coefficient (Wildman–Crippen LogP) is 3.42. The summed E-state index contributed by atoms with van der Waals surface area (Å²) in [6, 6.07) is 4.06. The van der Waals surface area contributed by atoms with E-state index < -0.39 is 0 Å². The maximum atomic E-state index is 6.17. The van der Waals surface area contributed by atoms with Gasteiger partial charge in [-0.1, -0.05) is 19.8 Å². The Bertz CT molecular complexity index is 223. The van der Waals surface area contributed by atoms with Crippen molar-refractivity contribution in [3.05, 3.63) is 30.1 Å². The first kappa shape index (κ1) is 10.5. The molecule has 0 N–H and O–H groups in total. The van der Waals surface area contributed by atoms with Crippen molar-refractivity contribution in [3.63, 3.8) is 0 Å². The quantitative estimate of drug-likeness (QED) is 0.660. The molecule has 0 fully saturated rings. The molecular formula is C11H16ClN.